The Hall–Kier alpha value is -2.70. The first kappa shape index (κ1) is 23.1. The molecule has 178 valence electrons. The molecule has 1 aromatic carbocycles. The number of benzene rings is 1. The fourth-order valence-electron chi connectivity index (χ4n) is 5.41. The topological polar surface area (TPSA) is 84.1 Å². The lowest BCUT2D eigenvalue weighted by molar-refractivity contribution is -0.117. The SMILES string of the molecule is Cl.N[C@@H]1CCCN(c2c3c(nc4ccc(-c5ccnc(NC(=O)C6CC6)c5)cc24)CCCC3)C1. The number of amides is 1. The quantitative estimate of drug-likeness (QED) is 0.559. The van der Waals surface area contributed by atoms with E-state index in [2.05, 4.69) is 33.4 Å². The molecule has 7 heteroatoms. The summed E-state index contributed by atoms with van der Waals surface area (Å²) < 4.78 is 0. The number of hydrogen-bond acceptors (Lipinski definition) is 5. The number of carbonyl (C=O) groups is 1. The van der Waals surface area contributed by atoms with Crippen LogP contribution in [0.25, 0.3) is 22.0 Å². The number of carbonyl (C=O) groups excluding carboxylic acids is 1. The van der Waals surface area contributed by atoms with Crippen LogP contribution in [0, 0.1) is 5.92 Å². The van der Waals surface area contributed by atoms with E-state index in [1.165, 1.54) is 35.2 Å². The average molecular weight is 478 g/mol. The Bertz CT molecular complexity index is 1230. The maximum absolute atomic E-state index is 12.2. The minimum Gasteiger partial charge on any atom is -0.369 e. The predicted octanol–water partition coefficient (Wildman–Crippen LogP) is 4.87. The van der Waals surface area contributed by atoms with Gasteiger partial charge in [0.25, 0.3) is 0 Å². The van der Waals surface area contributed by atoms with E-state index in [0.717, 1.165) is 68.3 Å². The second kappa shape index (κ2) is 9.51. The summed E-state index contributed by atoms with van der Waals surface area (Å²) in [4.78, 5) is 24.2. The van der Waals surface area contributed by atoms with Gasteiger partial charge in [0.2, 0.25) is 5.91 Å². The fraction of sp³-hybridized carbons (Fsp3) is 0.444. The van der Waals surface area contributed by atoms with Crippen molar-refractivity contribution >= 4 is 40.7 Å². The van der Waals surface area contributed by atoms with Gasteiger partial charge in [-0.25, -0.2) is 4.98 Å². The molecule has 1 atom stereocenters. The third kappa shape index (κ3) is 4.49. The molecule has 1 aliphatic heterocycles. The smallest absolute Gasteiger partial charge is 0.228 e. The second-order valence-electron chi connectivity index (χ2n) is 9.87. The number of nitrogens with zero attached hydrogens (tertiary/aromatic N) is 3. The zero-order chi connectivity index (χ0) is 22.4. The van der Waals surface area contributed by atoms with Gasteiger partial charge in [-0.1, -0.05) is 6.07 Å². The maximum Gasteiger partial charge on any atom is 0.228 e. The van der Waals surface area contributed by atoms with Gasteiger partial charge < -0.3 is 16.0 Å². The van der Waals surface area contributed by atoms with Crippen LogP contribution in [0.15, 0.2) is 36.5 Å². The molecule has 1 saturated carbocycles. The number of halogens is 1. The highest BCUT2D eigenvalue weighted by molar-refractivity contribution is 5.98. The van der Waals surface area contributed by atoms with E-state index in [0.29, 0.717) is 5.82 Å². The Kier molecular flexibility index (Phi) is 6.45. The van der Waals surface area contributed by atoms with E-state index < -0.39 is 0 Å². The predicted molar refractivity (Wildman–Crippen MR) is 140 cm³/mol. The van der Waals surface area contributed by atoms with E-state index in [1.54, 1.807) is 6.20 Å². The van der Waals surface area contributed by atoms with Crippen LogP contribution in [-0.4, -0.2) is 35.0 Å². The molecule has 1 saturated heterocycles. The van der Waals surface area contributed by atoms with Crippen molar-refractivity contribution in [3.05, 3.63) is 47.8 Å². The van der Waals surface area contributed by atoms with Gasteiger partial charge in [-0.3, -0.25) is 9.78 Å². The van der Waals surface area contributed by atoms with Crippen molar-refractivity contribution in [2.75, 3.05) is 23.3 Å². The van der Waals surface area contributed by atoms with Crippen molar-refractivity contribution in [2.24, 2.45) is 11.7 Å². The van der Waals surface area contributed by atoms with Crippen molar-refractivity contribution < 1.29 is 4.79 Å². The number of aromatic nitrogens is 2. The normalized spacial score (nSPS) is 19.9. The Morgan fingerprint density at radius 2 is 1.85 bits per heavy atom. The highest BCUT2D eigenvalue weighted by atomic mass is 35.5. The van der Waals surface area contributed by atoms with Gasteiger partial charge in [0.15, 0.2) is 0 Å². The number of nitrogens with one attached hydrogen (secondary N) is 1. The first-order valence-corrected chi connectivity index (χ1v) is 12.4. The Morgan fingerprint density at radius 1 is 1.03 bits per heavy atom. The summed E-state index contributed by atoms with van der Waals surface area (Å²) in [5.41, 5.74) is 13.7. The highest BCUT2D eigenvalue weighted by Crippen LogP contribution is 2.39. The van der Waals surface area contributed by atoms with Crippen molar-refractivity contribution in [1.82, 2.24) is 9.97 Å². The molecule has 2 fully saturated rings. The molecule has 0 radical (unpaired) electrons. The van der Waals surface area contributed by atoms with Crippen LogP contribution in [0.4, 0.5) is 11.5 Å². The van der Waals surface area contributed by atoms with Crippen LogP contribution >= 0.6 is 12.4 Å². The van der Waals surface area contributed by atoms with Crippen LogP contribution in [0.3, 0.4) is 0 Å². The highest BCUT2D eigenvalue weighted by Gasteiger charge is 2.30. The van der Waals surface area contributed by atoms with Gasteiger partial charge in [-0.05, 0) is 92.3 Å². The molecule has 2 aromatic heterocycles. The van der Waals surface area contributed by atoms with Gasteiger partial charge in [0.05, 0.1) is 11.2 Å². The van der Waals surface area contributed by atoms with Crippen molar-refractivity contribution in [3.63, 3.8) is 0 Å². The molecule has 6 nitrogen and oxygen atoms in total. The lowest BCUT2D eigenvalue weighted by Gasteiger charge is -2.36. The molecule has 3 aliphatic rings. The number of hydrogen-bond donors (Lipinski definition) is 2. The van der Waals surface area contributed by atoms with E-state index in [4.69, 9.17) is 10.7 Å². The molecule has 3 aromatic rings. The first-order valence-electron chi connectivity index (χ1n) is 12.4. The lowest BCUT2D eigenvalue weighted by atomic mass is 9.90. The second-order valence-corrected chi connectivity index (χ2v) is 9.87. The number of nitrogens with two attached hydrogens (primary N) is 1. The summed E-state index contributed by atoms with van der Waals surface area (Å²) in [5, 5.41) is 4.19. The van der Waals surface area contributed by atoms with Crippen LogP contribution in [0.2, 0.25) is 0 Å². The number of fused-ring (bicyclic) bond motifs is 2. The Balaban J connectivity index is 0.00000241. The molecule has 6 rings (SSSR count). The van der Waals surface area contributed by atoms with Crippen LogP contribution < -0.4 is 16.0 Å². The maximum atomic E-state index is 12.2. The zero-order valence-electron chi connectivity index (χ0n) is 19.4. The summed E-state index contributed by atoms with van der Waals surface area (Å²) in [7, 11) is 0. The number of rotatable bonds is 4. The van der Waals surface area contributed by atoms with Crippen LogP contribution in [0.5, 0.6) is 0 Å². The molecule has 0 spiro atoms. The van der Waals surface area contributed by atoms with Gasteiger partial charge in [0, 0.05) is 42.3 Å². The summed E-state index contributed by atoms with van der Waals surface area (Å²) in [5.74, 6) is 0.861. The number of aryl methyl sites for hydroxylation is 1. The molecule has 0 unspecified atom stereocenters. The van der Waals surface area contributed by atoms with Crippen molar-refractivity contribution in [1.29, 1.82) is 0 Å². The molecular weight excluding hydrogens is 446 g/mol. The zero-order valence-corrected chi connectivity index (χ0v) is 20.2. The monoisotopic (exact) mass is 477 g/mol. The van der Waals surface area contributed by atoms with Gasteiger partial charge in [0.1, 0.15) is 5.82 Å². The fourth-order valence-corrected chi connectivity index (χ4v) is 5.41. The number of pyridine rings is 2. The third-order valence-electron chi connectivity index (χ3n) is 7.30. The molecule has 3 N–H and O–H groups in total. The third-order valence-corrected chi connectivity index (χ3v) is 7.30. The summed E-state index contributed by atoms with van der Waals surface area (Å²) in [6.07, 6.45) is 10.6. The Labute approximate surface area is 206 Å². The van der Waals surface area contributed by atoms with Crippen molar-refractivity contribution in [2.45, 2.75) is 57.4 Å². The van der Waals surface area contributed by atoms with Gasteiger partial charge in [-0.2, -0.15) is 0 Å². The average Bonchev–Trinajstić information content (AvgIpc) is 3.68. The van der Waals surface area contributed by atoms with E-state index >= 15 is 0 Å². The molecule has 1 amide bonds. The molecular formula is C27H32ClN5O. The van der Waals surface area contributed by atoms with Crippen LogP contribution in [-0.2, 0) is 17.6 Å². The van der Waals surface area contributed by atoms with E-state index in [9.17, 15) is 4.79 Å². The summed E-state index contributed by atoms with van der Waals surface area (Å²) in [6, 6.07) is 10.8. The largest absolute Gasteiger partial charge is 0.369 e. The minimum atomic E-state index is 0. The Morgan fingerprint density at radius 3 is 2.68 bits per heavy atom. The molecule has 0 bridgehead atoms. The minimum absolute atomic E-state index is 0. The number of anilines is 2. The summed E-state index contributed by atoms with van der Waals surface area (Å²) in [6.45, 7) is 1.96. The van der Waals surface area contributed by atoms with Crippen molar-refractivity contribution in [3.8, 4) is 11.1 Å². The van der Waals surface area contributed by atoms with Crippen LogP contribution in [0.1, 0.15) is 49.8 Å². The number of piperidine rings is 1. The standard InChI is InChI=1S/C27H31N5O.ClH/c28-20-4-3-13-32(16-20)26-21-5-1-2-6-23(21)30-24-10-9-18(14-22(24)26)19-11-12-29-25(15-19)31-27(33)17-7-8-17;/h9-12,14-15,17,20H,1-8,13,16,28H2,(H,29,31,33);1H/t20-;/m1./s1. The van der Waals surface area contributed by atoms with Gasteiger partial charge in [-0.15, -0.1) is 12.4 Å². The lowest BCUT2D eigenvalue weighted by Crippen LogP contribution is -2.43. The first-order chi connectivity index (χ1) is 16.2. The summed E-state index contributed by atoms with van der Waals surface area (Å²) >= 11 is 0. The molecule has 3 heterocycles. The van der Waals surface area contributed by atoms with E-state index in [-0.39, 0.29) is 30.3 Å². The van der Waals surface area contributed by atoms with E-state index in [1.807, 2.05) is 12.1 Å². The van der Waals surface area contributed by atoms with Gasteiger partial charge >= 0.3 is 0 Å². The molecule has 34 heavy (non-hydrogen) atoms. The molecule has 2 aliphatic carbocycles.